The lowest BCUT2D eigenvalue weighted by atomic mass is 10.2. The van der Waals surface area contributed by atoms with Gasteiger partial charge >= 0.3 is 6.18 Å². The molecule has 0 spiro atoms. The zero-order valence-electron chi connectivity index (χ0n) is 8.42. The third-order valence-corrected chi connectivity index (χ3v) is 2.05. The molecular formula is C9H9ClF3N3O. The number of rotatable bonds is 3. The van der Waals surface area contributed by atoms with E-state index < -0.39 is 11.7 Å². The van der Waals surface area contributed by atoms with Crippen molar-refractivity contribution in [1.29, 1.82) is 0 Å². The van der Waals surface area contributed by atoms with Gasteiger partial charge in [0.15, 0.2) is 5.84 Å². The van der Waals surface area contributed by atoms with Crippen molar-refractivity contribution in [2.75, 3.05) is 11.9 Å². The van der Waals surface area contributed by atoms with E-state index in [0.717, 1.165) is 12.1 Å². The van der Waals surface area contributed by atoms with Crippen LogP contribution in [0.15, 0.2) is 23.4 Å². The Morgan fingerprint density at radius 3 is 2.59 bits per heavy atom. The first kappa shape index (κ1) is 13.4. The molecule has 4 nitrogen and oxygen atoms in total. The summed E-state index contributed by atoms with van der Waals surface area (Å²) >= 11 is 5.55. The number of halogens is 4. The lowest BCUT2D eigenvalue weighted by Crippen LogP contribution is -2.22. The van der Waals surface area contributed by atoms with E-state index in [9.17, 15) is 13.2 Å². The molecule has 0 amide bonds. The molecule has 0 saturated carbocycles. The molecule has 0 aliphatic rings. The van der Waals surface area contributed by atoms with Crippen LogP contribution in [-0.4, -0.2) is 17.6 Å². The number of nitrogens with one attached hydrogen (secondary N) is 1. The van der Waals surface area contributed by atoms with E-state index in [1.54, 1.807) is 0 Å². The zero-order chi connectivity index (χ0) is 13.1. The average Bonchev–Trinajstić information content (AvgIpc) is 2.24. The molecule has 94 valence electrons. The lowest BCUT2D eigenvalue weighted by Gasteiger charge is -2.11. The zero-order valence-corrected chi connectivity index (χ0v) is 9.18. The van der Waals surface area contributed by atoms with Gasteiger partial charge in [-0.15, -0.1) is 0 Å². The van der Waals surface area contributed by atoms with Gasteiger partial charge in [-0.3, -0.25) is 0 Å². The SMILES string of the molecule is N/C(CNc1cc(Cl)cc(C(F)(F)F)c1)=N/O. The number of alkyl halides is 3. The average molecular weight is 268 g/mol. The van der Waals surface area contributed by atoms with Gasteiger partial charge in [0.25, 0.3) is 0 Å². The van der Waals surface area contributed by atoms with Crippen LogP contribution in [0, 0.1) is 0 Å². The van der Waals surface area contributed by atoms with Crippen LogP contribution in [0.1, 0.15) is 5.56 Å². The second-order valence-corrected chi connectivity index (χ2v) is 3.61. The Morgan fingerprint density at radius 2 is 2.06 bits per heavy atom. The van der Waals surface area contributed by atoms with Crippen molar-refractivity contribution in [3.8, 4) is 0 Å². The van der Waals surface area contributed by atoms with Crippen molar-refractivity contribution >= 4 is 23.1 Å². The van der Waals surface area contributed by atoms with Crippen molar-refractivity contribution in [1.82, 2.24) is 0 Å². The first-order valence-electron chi connectivity index (χ1n) is 4.41. The molecule has 0 aliphatic heterocycles. The first-order valence-corrected chi connectivity index (χ1v) is 4.79. The fourth-order valence-corrected chi connectivity index (χ4v) is 1.32. The molecule has 17 heavy (non-hydrogen) atoms. The van der Waals surface area contributed by atoms with Gasteiger partial charge < -0.3 is 16.3 Å². The van der Waals surface area contributed by atoms with Gasteiger partial charge in [-0.05, 0) is 18.2 Å². The maximum Gasteiger partial charge on any atom is 0.416 e. The maximum absolute atomic E-state index is 12.4. The van der Waals surface area contributed by atoms with Crippen molar-refractivity contribution in [2.45, 2.75) is 6.18 Å². The molecule has 0 unspecified atom stereocenters. The Bertz CT molecular complexity index is 434. The van der Waals surface area contributed by atoms with Crippen molar-refractivity contribution < 1.29 is 18.4 Å². The number of oxime groups is 1. The maximum atomic E-state index is 12.4. The molecular weight excluding hydrogens is 259 g/mol. The third kappa shape index (κ3) is 4.03. The van der Waals surface area contributed by atoms with Gasteiger partial charge in [-0.2, -0.15) is 13.2 Å². The molecule has 0 aliphatic carbocycles. The Morgan fingerprint density at radius 1 is 1.41 bits per heavy atom. The summed E-state index contributed by atoms with van der Waals surface area (Å²) in [6.07, 6.45) is -4.47. The molecule has 0 radical (unpaired) electrons. The van der Waals surface area contributed by atoms with Crippen molar-refractivity contribution in [3.63, 3.8) is 0 Å². The molecule has 1 aromatic carbocycles. The normalized spacial score (nSPS) is 12.6. The highest BCUT2D eigenvalue weighted by Crippen LogP contribution is 2.33. The Kier molecular flexibility index (Phi) is 4.06. The molecule has 0 heterocycles. The van der Waals surface area contributed by atoms with Gasteiger partial charge in [0.2, 0.25) is 0 Å². The number of nitrogens with two attached hydrogens (primary N) is 1. The minimum atomic E-state index is -4.47. The molecule has 1 aromatic rings. The summed E-state index contributed by atoms with van der Waals surface area (Å²) in [4.78, 5) is 0. The number of amidine groups is 1. The second-order valence-electron chi connectivity index (χ2n) is 3.17. The molecule has 0 fully saturated rings. The summed E-state index contributed by atoms with van der Waals surface area (Å²) in [6, 6.07) is 3.01. The topological polar surface area (TPSA) is 70.6 Å². The Hall–Kier alpha value is -1.63. The minimum absolute atomic E-state index is 0.0539. The van der Waals surface area contributed by atoms with E-state index in [4.69, 9.17) is 22.5 Å². The highest BCUT2D eigenvalue weighted by Gasteiger charge is 2.31. The van der Waals surface area contributed by atoms with Crippen LogP contribution in [-0.2, 0) is 6.18 Å². The number of benzene rings is 1. The van der Waals surface area contributed by atoms with Crippen LogP contribution >= 0.6 is 11.6 Å². The summed E-state index contributed by atoms with van der Waals surface area (Å²) in [5.74, 6) is -0.154. The summed E-state index contributed by atoms with van der Waals surface area (Å²) in [6.45, 7) is -0.0891. The predicted molar refractivity (Wildman–Crippen MR) is 58.4 cm³/mol. The monoisotopic (exact) mass is 267 g/mol. The smallest absolute Gasteiger partial charge is 0.409 e. The molecule has 0 saturated heterocycles. The summed E-state index contributed by atoms with van der Waals surface area (Å²) in [5, 5.41) is 13.4. The quantitative estimate of drug-likeness (QED) is 0.341. The van der Waals surface area contributed by atoms with E-state index in [1.807, 2.05) is 0 Å². The second kappa shape index (κ2) is 5.13. The third-order valence-electron chi connectivity index (χ3n) is 1.83. The van der Waals surface area contributed by atoms with Gasteiger partial charge in [0.05, 0.1) is 12.1 Å². The first-order chi connectivity index (χ1) is 7.82. The molecule has 0 aromatic heterocycles. The lowest BCUT2D eigenvalue weighted by molar-refractivity contribution is -0.137. The molecule has 4 N–H and O–H groups in total. The highest BCUT2D eigenvalue weighted by atomic mass is 35.5. The van der Waals surface area contributed by atoms with Crippen LogP contribution in [0.25, 0.3) is 0 Å². The van der Waals surface area contributed by atoms with E-state index in [-0.39, 0.29) is 23.1 Å². The largest absolute Gasteiger partial charge is 0.416 e. The van der Waals surface area contributed by atoms with Crippen LogP contribution in [0.3, 0.4) is 0 Å². The van der Waals surface area contributed by atoms with Gasteiger partial charge in [0.1, 0.15) is 0 Å². The number of hydrogen-bond acceptors (Lipinski definition) is 3. The summed E-state index contributed by atoms with van der Waals surface area (Å²) in [7, 11) is 0. The van der Waals surface area contributed by atoms with Gasteiger partial charge in [-0.1, -0.05) is 16.8 Å². The van der Waals surface area contributed by atoms with E-state index in [1.165, 1.54) is 6.07 Å². The molecule has 8 heteroatoms. The van der Waals surface area contributed by atoms with Crippen LogP contribution < -0.4 is 11.1 Å². The van der Waals surface area contributed by atoms with Crippen LogP contribution in [0.5, 0.6) is 0 Å². The molecule has 1 rings (SSSR count). The number of hydrogen-bond donors (Lipinski definition) is 3. The summed E-state index contributed by atoms with van der Waals surface area (Å²) < 4.78 is 37.3. The van der Waals surface area contributed by atoms with Crippen molar-refractivity contribution in [3.05, 3.63) is 28.8 Å². The fourth-order valence-electron chi connectivity index (χ4n) is 1.08. The standard InChI is InChI=1S/C9H9ClF3N3O/c10-6-1-5(9(11,12)13)2-7(3-6)15-4-8(14)16-17/h1-3,15,17H,4H2,(H2,14,16). The number of nitrogens with zero attached hydrogens (tertiary/aromatic N) is 1. The Labute approximate surface area is 99.9 Å². The molecule has 0 atom stereocenters. The van der Waals surface area contributed by atoms with Crippen molar-refractivity contribution in [2.24, 2.45) is 10.9 Å². The van der Waals surface area contributed by atoms with Gasteiger partial charge in [-0.25, -0.2) is 0 Å². The Balaban J connectivity index is 2.91. The predicted octanol–water partition coefficient (Wildman–Crippen LogP) is 2.52. The fraction of sp³-hybridized carbons (Fsp3) is 0.222. The van der Waals surface area contributed by atoms with Crippen LogP contribution in [0.2, 0.25) is 5.02 Å². The number of anilines is 1. The summed E-state index contributed by atoms with van der Waals surface area (Å²) in [5.41, 5.74) is 4.43. The highest BCUT2D eigenvalue weighted by molar-refractivity contribution is 6.30. The van der Waals surface area contributed by atoms with Crippen LogP contribution in [0.4, 0.5) is 18.9 Å². The van der Waals surface area contributed by atoms with E-state index in [0.29, 0.717) is 0 Å². The van der Waals surface area contributed by atoms with E-state index in [2.05, 4.69) is 10.5 Å². The minimum Gasteiger partial charge on any atom is -0.409 e. The van der Waals surface area contributed by atoms with E-state index >= 15 is 0 Å². The molecule has 0 bridgehead atoms. The van der Waals surface area contributed by atoms with Gasteiger partial charge in [0, 0.05) is 10.7 Å².